The van der Waals surface area contributed by atoms with Crippen molar-refractivity contribution in [2.24, 2.45) is 0 Å². The molecule has 1 aromatic heterocycles. The molecule has 0 spiro atoms. The maximum atomic E-state index is 12.9. The second kappa shape index (κ2) is 8.06. The van der Waals surface area contributed by atoms with Gasteiger partial charge in [0.1, 0.15) is 17.7 Å². The van der Waals surface area contributed by atoms with Crippen molar-refractivity contribution in [3.63, 3.8) is 0 Å². The van der Waals surface area contributed by atoms with Gasteiger partial charge in [-0.25, -0.2) is 9.07 Å². The van der Waals surface area contributed by atoms with Crippen molar-refractivity contribution >= 4 is 5.91 Å². The highest BCUT2D eigenvalue weighted by molar-refractivity contribution is 5.91. The Morgan fingerprint density at radius 2 is 2.12 bits per heavy atom. The second-order valence-corrected chi connectivity index (χ2v) is 6.16. The normalized spacial score (nSPS) is 16.4. The van der Waals surface area contributed by atoms with Crippen LogP contribution in [-0.2, 0) is 0 Å². The number of amides is 1. The first-order valence-electron chi connectivity index (χ1n) is 8.45. The van der Waals surface area contributed by atoms with Gasteiger partial charge in [0.25, 0.3) is 5.91 Å². The highest BCUT2D eigenvalue weighted by Crippen LogP contribution is 2.17. The summed E-state index contributed by atoms with van der Waals surface area (Å²) in [5.41, 5.74) is 0.299. The van der Waals surface area contributed by atoms with Gasteiger partial charge in [-0.15, -0.1) is 5.10 Å². The van der Waals surface area contributed by atoms with E-state index in [4.69, 9.17) is 4.74 Å². The molecular weight excluding hydrogens is 325 g/mol. The molecule has 1 aromatic carbocycles. The van der Waals surface area contributed by atoms with Gasteiger partial charge in [-0.05, 0) is 57.1 Å². The minimum Gasteiger partial charge on any atom is -0.489 e. The molecule has 0 radical (unpaired) electrons. The number of halogens is 1. The average molecular weight is 347 g/mol. The molecule has 7 nitrogen and oxygen atoms in total. The van der Waals surface area contributed by atoms with Gasteiger partial charge in [-0.1, -0.05) is 5.21 Å². The second-order valence-electron chi connectivity index (χ2n) is 6.16. The summed E-state index contributed by atoms with van der Waals surface area (Å²) in [6, 6.07) is 6.06. The number of nitrogens with zero attached hydrogens (tertiary/aromatic N) is 3. The molecule has 3 rings (SSSR count). The summed E-state index contributed by atoms with van der Waals surface area (Å²) >= 11 is 0. The van der Waals surface area contributed by atoms with Crippen LogP contribution >= 0.6 is 0 Å². The van der Waals surface area contributed by atoms with Crippen LogP contribution in [0.15, 0.2) is 30.5 Å². The lowest BCUT2D eigenvalue weighted by Gasteiger charge is -2.22. The SMILES string of the molecule is CC(CNC(=O)c1cn(C2CCNCC2)nn1)Oc1ccc(F)cc1. The number of benzene rings is 1. The smallest absolute Gasteiger partial charge is 0.273 e. The van der Waals surface area contributed by atoms with E-state index in [0.29, 0.717) is 18.0 Å². The molecule has 1 aliphatic heterocycles. The number of aromatic nitrogens is 3. The number of hydrogen-bond donors (Lipinski definition) is 2. The minimum absolute atomic E-state index is 0.256. The molecule has 2 N–H and O–H groups in total. The van der Waals surface area contributed by atoms with E-state index in [1.807, 2.05) is 6.92 Å². The predicted octanol–water partition coefficient (Wildman–Crippen LogP) is 1.54. The van der Waals surface area contributed by atoms with Gasteiger partial charge in [0.05, 0.1) is 18.8 Å². The fourth-order valence-corrected chi connectivity index (χ4v) is 2.74. The molecule has 1 atom stereocenters. The summed E-state index contributed by atoms with van der Waals surface area (Å²) in [7, 11) is 0. The van der Waals surface area contributed by atoms with Gasteiger partial charge >= 0.3 is 0 Å². The topological polar surface area (TPSA) is 81.1 Å². The Kier molecular flexibility index (Phi) is 5.60. The quantitative estimate of drug-likeness (QED) is 0.828. The minimum atomic E-state index is -0.315. The van der Waals surface area contributed by atoms with Crippen LogP contribution in [0.2, 0.25) is 0 Å². The Morgan fingerprint density at radius 1 is 1.40 bits per heavy atom. The molecule has 0 saturated carbocycles. The van der Waals surface area contributed by atoms with Gasteiger partial charge in [-0.2, -0.15) is 0 Å². The van der Waals surface area contributed by atoms with E-state index in [-0.39, 0.29) is 23.9 Å². The molecule has 8 heteroatoms. The monoisotopic (exact) mass is 347 g/mol. The van der Waals surface area contributed by atoms with Gasteiger partial charge in [0.15, 0.2) is 5.69 Å². The Balaban J connectivity index is 1.48. The molecule has 1 fully saturated rings. The molecular formula is C17H22FN5O2. The van der Waals surface area contributed by atoms with Crippen molar-refractivity contribution in [3.05, 3.63) is 42.0 Å². The van der Waals surface area contributed by atoms with Gasteiger partial charge in [0.2, 0.25) is 0 Å². The van der Waals surface area contributed by atoms with Crippen LogP contribution in [0.3, 0.4) is 0 Å². The summed E-state index contributed by atoms with van der Waals surface area (Å²) in [4.78, 5) is 12.2. The van der Waals surface area contributed by atoms with Crippen LogP contribution in [0.25, 0.3) is 0 Å². The molecule has 1 amide bonds. The summed E-state index contributed by atoms with van der Waals surface area (Å²) in [6.07, 6.45) is 3.39. The maximum Gasteiger partial charge on any atom is 0.273 e. The zero-order valence-corrected chi connectivity index (χ0v) is 14.1. The van der Waals surface area contributed by atoms with Crippen LogP contribution in [0.1, 0.15) is 36.3 Å². The third kappa shape index (κ3) is 4.76. The highest BCUT2D eigenvalue weighted by atomic mass is 19.1. The first-order valence-corrected chi connectivity index (χ1v) is 8.45. The lowest BCUT2D eigenvalue weighted by molar-refractivity contribution is 0.0927. The fourth-order valence-electron chi connectivity index (χ4n) is 2.74. The Morgan fingerprint density at radius 3 is 2.84 bits per heavy atom. The van der Waals surface area contributed by atoms with E-state index < -0.39 is 0 Å². The highest BCUT2D eigenvalue weighted by Gasteiger charge is 2.19. The molecule has 1 unspecified atom stereocenters. The Hall–Kier alpha value is -2.48. The van der Waals surface area contributed by atoms with Gasteiger partial charge < -0.3 is 15.4 Å². The first-order chi connectivity index (χ1) is 12.1. The molecule has 134 valence electrons. The van der Waals surface area contributed by atoms with E-state index in [2.05, 4.69) is 20.9 Å². The molecule has 1 aliphatic rings. The maximum absolute atomic E-state index is 12.9. The lowest BCUT2D eigenvalue weighted by Crippen LogP contribution is -2.33. The van der Waals surface area contributed by atoms with Crippen molar-refractivity contribution in [2.75, 3.05) is 19.6 Å². The van der Waals surface area contributed by atoms with Crippen LogP contribution in [0.5, 0.6) is 5.75 Å². The number of piperidine rings is 1. The molecule has 2 heterocycles. The standard InChI is InChI=1S/C17H22FN5O2/c1-12(25-15-4-2-13(18)3-5-15)10-20-17(24)16-11-23(22-21-16)14-6-8-19-9-7-14/h2-5,11-12,14,19H,6-10H2,1H3,(H,20,24). The van der Waals surface area contributed by atoms with Crippen molar-refractivity contribution in [1.82, 2.24) is 25.6 Å². The number of ether oxygens (including phenoxy) is 1. The molecule has 0 bridgehead atoms. The van der Waals surface area contributed by atoms with Crippen molar-refractivity contribution in [1.29, 1.82) is 0 Å². The van der Waals surface area contributed by atoms with E-state index >= 15 is 0 Å². The molecule has 25 heavy (non-hydrogen) atoms. The van der Waals surface area contributed by atoms with Crippen molar-refractivity contribution in [3.8, 4) is 5.75 Å². The van der Waals surface area contributed by atoms with Gasteiger partial charge in [0, 0.05) is 0 Å². The molecule has 1 saturated heterocycles. The summed E-state index contributed by atoms with van der Waals surface area (Å²) < 4.78 is 20.3. The van der Waals surface area contributed by atoms with E-state index in [0.717, 1.165) is 25.9 Å². The van der Waals surface area contributed by atoms with E-state index in [1.54, 1.807) is 23.0 Å². The summed E-state index contributed by atoms with van der Waals surface area (Å²) in [5.74, 6) is -0.0418. The first kappa shape index (κ1) is 17.3. The third-order valence-electron chi connectivity index (χ3n) is 4.13. The van der Waals surface area contributed by atoms with Crippen LogP contribution in [0.4, 0.5) is 4.39 Å². The van der Waals surface area contributed by atoms with E-state index in [9.17, 15) is 9.18 Å². The zero-order chi connectivity index (χ0) is 17.6. The van der Waals surface area contributed by atoms with Gasteiger partial charge in [-0.3, -0.25) is 4.79 Å². The van der Waals surface area contributed by atoms with Crippen molar-refractivity contribution < 1.29 is 13.9 Å². The van der Waals surface area contributed by atoms with Crippen molar-refractivity contribution in [2.45, 2.75) is 31.9 Å². The molecule has 2 aromatic rings. The zero-order valence-electron chi connectivity index (χ0n) is 14.1. The fraction of sp³-hybridized carbons (Fsp3) is 0.471. The Bertz CT molecular complexity index is 697. The van der Waals surface area contributed by atoms with Crippen LogP contribution in [-0.4, -0.2) is 46.6 Å². The molecule has 0 aliphatic carbocycles. The average Bonchev–Trinajstić information content (AvgIpc) is 3.13. The van der Waals surface area contributed by atoms with E-state index in [1.165, 1.54) is 12.1 Å². The number of rotatable bonds is 6. The third-order valence-corrected chi connectivity index (χ3v) is 4.13. The number of carbonyl (C=O) groups is 1. The van der Waals surface area contributed by atoms with Crippen LogP contribution < -0.4 is 15.4 Å². The number of nitrogens with one attached hydrogen (secondary N) is 2. The number of hydrogen-bond acceptors (Lipinski definition) is 5. The predicted molar refractivity (Wildman–Crippen MR) is 90.0 cm³/mol. The summed E-state index contributed by atoms with van der Waals surface area (Å²) in [5, 5.41) is 14.1. The largest absolute Gasteiger partial charge is 0.489 e. The lowest BCUT2D eigenvalue weighted by atomic mass is 10.1. The number of carbonyl (C=O) groups excluding carboxylic acids is 1. The Labute approximate surface area is 145 Å². The summed E-state index contributed by atoms with van der Waals surface area (Å²) in [6.45, 7) is 4.04. The van der Waals surface area contributed by atoms with Crippen LogP contribution in [0, 0.1) is 5.82 Å².